The molecule has 2 nitrogen and oxygen atoms in total. The monoisotopic (exact) mass is 164 g/mol. The highest BCUT2D eigenvalue weighted by molar-refractivity contribution is 5.22. The average molecular weight is 164 g/mol. The molecule has 66 valence electrons. The molecule has 0 aliphatic carbocycles. The standard InChI is InChI=1S/C10H16N2/c1-3-9-4-6-10(7-5-9)8-12(2)11/h4-7H,3,8,11H2,1-2H3. The molecule has 0 saturated carbocycles. The van der Waals surface area contributed by atoms with Gasteiger partial charge in [-0.3, -0.25) is 5.84 Å². The van der Waals surface area contributed by atoms with E-state index in [0.29, 0.717) is 0 Å². The van der Waals surface area contributed by atoms with Crippen molar-refractivity contribution in [1.29, 1.82) is 0 Å². The van der Waals surface area contributed by atoms with Crippen molar-refractivity contribution in [3.63, 3.8) is 0 Å². The van der Waals surface area contributed by atoms with Crippen LogP contribution >= 0.6 is 0 Å². The van der Waals surface area contributed by atoms with Crippen molar-refractivity contribution in [2.75, 3.05) is 7.05 Å². The molecule has 0 fully saturated rings. The van der Waals surface area contributed by atoms with Crippen LogP contribution in [0.4, 0.5) is 0 Å². The van der Waals surface area contributed by atoms with Crippen LogP contribution in [0.25, 0.3) is 0 Å². The molecule has 0 aliphatic heterocycles. The van der Waals surface area contributed by atoms with Gasteiger partial charge in [-0.05, 0) is 17.5 Å². The number of hydrogen-bond acceptors (Lipinski definition) is 2. The molecule has 2 N–H and O–H groups in total. The second kappa shape index (κ2) is 4.24. The van der Waals surface area contributed by atoms with E-state index in [2.05, 4.69) is 31.2 Å². The first-order valence-electron chi connectivity index (χ1n) is 4.26. The van der Waals surface area contributed by atoms with Crippen LogP contribution in [0, 0.1) is 0 Å². The van der Waals surface area contributed by atoms with Gasteiger partial charge < -0.3 is 0 Å². The molecule has 0 radical (unpaired) electrons. The molecule has 0 bridgehead atoms. The quantitative estimate of drug-likeness (QED) is 0.542. The first kappa shape index (κ1) is 9.23. The van der Waals surface area contributed by atoms with Crippen LogP contribution < -0.4 is 5.84 Å². The number of rotatable bonds is 3. The third-order valence-corrected chi connectivity index (χ3v) is 1.86. The Hall–Kier alpha value is -0.860. The largest absolute Gasteiger partial charge is 0.269 e. The predicted molar refractivity (Wildman–Crippen MR) is 51.5 cm³/mol. The third kappa shape index (κ3) is 2.64. The molecule has 1 rings (SSSR count). The molecule has 0 amide bonds. The Morgan fingerprint density at radius 2 is 1.67 bits per heavy atom. The minimum atomic E-state index is 0.810. The molecule has 0 atom stereocenters. The molecule has 0 aliphatic rings. The lowest BCUT2D eigenvalue weighted by atomic mass is 10.1. The van der Waals surface area contributed by atoms with Crippen LogP contribution in [0.5, 0.6) is 0 Å². The number of hydrogen-bond donors (Lipinski definition) is 1. The highest BCUT2D eigenvalue weighted by atomic mass is 15.4. The topological polar surface area (TPSA) is 29.3 Å². The smallest absolute Gasteiger partial charge is 0.0376 e. The van der Waals surface area contributed by atoms with Crippen LogP contribution in [-0.2, 0) is 13.0 Å². The number of nitrogens with zero attached hydrogens (tertiary/aromatic N) is 1. The van der Waals surface area contributed by atoms with Crippen molar-refractivity contribution in [1.82, 2.24) is 5.01 Å². The maximum absolute atomic E-state index is 5.53. The van der Waals surface area contributed by atoms with Gasteiger partial charge in [-0.15, -0.1) is 0 Å². The molecule has 0 heterocycles. The summed E-state index contributed by atoms with van der Waals surface area (Å²) >= 11 is 0. The molecule has 12 heavy (non-hydrogen) atoms. The van der Waals surface area contributed by atoms with Gasteiger partial charge in [-0.2, -0.15) is 0 Å². The molecule has 0 unspecified atom stereocenters. The van der Waals surface area contributed by atoms with Crippen LogP contribution in [0.2, 0.25) is 0 Å². The summed E-state index contributed by atoms with van der Waals surface area (Å²) in [6.45, 7) is 2.97. The van der Waals surface area contributed by atoms with Crippen LogP contribution in [0.3, 0.4) is 0 Å². The number of benzene rings is 1. The zero-order valence-electron chi connectivity index (χ0n) is 7.75. The Balaban J connectivity index is 2.65. The van der Waals surface area contributed by atoms with Gasteiger partial charge in [0.25, 0.3) is 0 Å². The lowest BCUT2D eigenvalue weighted by Crippen LogP contribution is -2.24. The Kier molecular flexibility index (Phi) is 3.26. The fourth-order valence-electron chi connectivity index (χ4n) is 1.17. The SMILES string of the molecule is CCc1ccc(CN(C)N)cc1. The molecular weight excluding hydrogens is 148 g/mol. The van der Waals surface area contributed by atoms with E-state index in [1.807, 2.05) is 7.05 Å². The summed E-state index contributed by atoms with van der Waals surface area (Å²) < 4.78 is 0. The van der Waals surface area contributed by atoms with E-state index < -0.39 is 0 Å². The van der Waals surface area contributed by atoms with E-state index in [1.165, 1.54) is 11.1 Å². The minimum Gasteiger partial charge on any atom is -0.269 e. The number of nitrogens with two attached hydrogens (primary N) is 1. The van der Waals surface area contributed by atoms with E-state index in [0.717, 1.165) is 13.0 Å². The van der Waals surface area contributed by atoms with Gasteiger partial charge in [-0.1, -0.05) is 31.2 Å². The zero-order chi connectivity index (χ0) is 8.97. The Morgan fingerprint density at radius 1 is 1.17 bits per heavy atom. The maximum atomic E-state index is 5.53. The van der Waals surface area contributed by atoms with Crippen LogP contribution in [-0.4, -0.2) is 12.1 Å². The summed E-state index contributed by atoms with van der Waals surface area (Å²) in [5.74, 6) is 5.53. The number of hydrazine groups is 1. The first-order chi connectivity index (χ1) is 5.72. The predicted octanol–water partition coefficient (Wildman–Crippen LogP) is 1.55. The fraction of sp³-hybridized carbons (Fsp3) is 0.400. The summed E-state index contributed by atoms with van der Waals surface area (Å²) in [4.78, 5) is 0. The Labute approximate surface area is 74.0 Å². The van der Waals surface area contributed by atoms with Crippen LogP contribution in [0.1, 0.15) is 18.1 Å². The third-order valence-electron chi connectivity index (χ3n) is 1.86. The van der Waals surface area contributed by atoms with Crippen molar-refractivity contribution in [3.05, 3.63) is 35.4 Å². The molecule has 0 saturated heterocycles. The molecule has 0 spiro atoms. The summed E-state index contributed by atoms with van der Waals surface area (Å²) in [5, 5.41) is 1.68. The lowest BCUT2D eigenvalue weighted by Gasteiger charge is -2.09. The molecule has 2 heteroatoms. The van der Waals surface area contributed by atoms with Gasteiger partial charge in [0.2, 0.25) is 0 Å². The van der Waals surface area contributed by atoms with Gasteiger partial charge in [0, 0.05) is 13.6 Å². The first-order valence-corrected chi connectivity index (χ1v) is 4.26. The molecule has 1 aromatic carbocycles. The second-order valence-corrected chi connectivity index (χ2v) is 3.09. The van der Waals surface area contributed by atoms with Crippen molar-refractivity contribution in [2.24, 2.45) is 5.84 Å². The van der Waals surface area contributed by atoms with E-state index >= 15 is 0 Å². The van der Waals surface area contributed by atoms with Crippen LogP contribution in [0.15, 0.2) is 24.3 Å². The Morgan fingerprint density at radius 3 is 2.08 bits per heavy atom. The Bertz CT molecular complexity index is 226. The molecule has 1 aromatic rings. The van der Waals surface area contributed by atoms with E-state index in [9.17, 15) is 0 Å². The van der Waals surface area contributed by atoms with Gasteiger partial charge in [0.05, 0.1) is 0 Å². The van der Waals surface area contributed by atoms with Gasteiger partial charge in [0.1, 0.15) is 0 Å². The highest BCUT2D eigenvalue weighted by Crippen LogP contribution is 2.05. The fourth-order valence-corrected chi connectivity index (χ4v) is 1.17. The molecule has 0 aromatic heterocycles. The zero-order valence-corrected chi connectivity index (χ0v) is 7.75. The van der Waals surface area contributed by atoms with E-state index in [4.69, 9.17) is 5.84 Å². The average Bonchev–Trinajstić information content (AvgIpc) is 2.05. The second-order valence-electron chi connectivity index (χ2n) is 3.09. The van der Waals surface area contributed by atoms with Crippen molar-refractivity contribution >= 4 is 0 Å². The minimum absolute atomic E-state index is 0.810. The van der Waals surface area contributed by atoms with Crippen molar-refractivity contribution < 1.29 is 0 Å². The molecular formula is C10H16N2. The highest BCUT2D eigenvalue weighted by Gasteiger charge is 1.94. The lowest BCUT2D eigenvalue weighted by molar-refractivity contribution is 0.341. The summed E-state index contributed by atoms with van der Waals surface area (Å²) in [6, 6.07) is 8.56. The van der Waals surface area contributed by atoms with Gasteiger partial charge in [-0.25, -0.2) is 5.01 Å². The van der Waals surface area contributed by atoms with Gasteiger partial charge in [0.15, 0.2) is 0 Å². The normalized spacial score (nSPS) is 10.7. The van der Waals surface area contributed by atoms with E-state index in [1.54, 1.807) is 5.01 Å². The summed E-state index contributed by atoms with van der Waals surface area (Å²) in [6.07, 6.45) is 1.10. The van der Waals surface area contributed by atoms with Crippen molar-refractivity contribution in [2.45, 2.75) is 19.9 Å². The maximum Gasteiger partial charge on any atom is 0.0376 e. The summed E-state index contributed by atoms with van der Waals surface area (Å²) in [7, 11) is 1.87. The van der Waals surface area contributed by atoms with Gasteiger partial charge >= 0.3 is 0 Å². The van der Waals surface area contributed by atoms with E-state index in [-0.39, 0.29) is 0 Å². The number of aryl methyl sites for hydroxylation is 1. The summed E-state index contributed by atoms with van der Waals surface area (Å²) in [5.41, 5.74) is 2.63. The van der Waals surface area contributed by atoms with Crippen molar-refractivity contribution in [3.8, 4) is 0 Å².